The molecule has 20 heavy (non-hydrogen) atoms. The van der Waals surface area contributed by atoms with E-state index in [-0.39, 0.29) is 11.7 Å². The average molecular weight is 311 g/mol. The predicted molar refractivity (Wildman–Crippen MR) is 81.1 cm³/mol. The number of nitrogens with one attached hydrogen (secondary N) is 1. The molecule has 0 radical (unpaired) electrons. The second-order valence-electron chi connectivity index (χ2n) is 4.14. The molecule has 7 heteroatoms. The van der Waals surface area contributed by atoms with Gasteiger partial charge < -0.3 is 5.73 Å². The number of thioether (sulfide) groups is 1. The van der Waals surface area contributed by atoms with Crippen molar-refractivity contribution in [3.8, 4) is 0 Å². The number of amides is 1. The molecule has 0 aliphatic carbocycles. The highest BCUT2D eigenvalue weighted by atomic mass is 32.2. The number of rotatable bonds is 4. The minimum absolute atomic E-state index is 0.296. The van der Waals surface area contributed by atoms with E-state index in [2.05, 4.69) is 5.43 Å². The molecule has 2 rings (SSSR count). The smallest absolute Gasteiger partial charge is 0.275 e. The monoisotopic (exact) mass is 311 g/mol. The normalized spacial score (nSPS) is 10.6. The molecule has 0 atom stereocenters. The molecule has 5 N–H and O–H groups in total. The Balaban J connectivity index is 2.11. The fraction of sp³-hybridized carbons (Fsp3) is 0.154. The molecule has 1 amide bonds. The van der Waals surface area contributed by atoms with Gasteiger partial charge in [-0.05, 0) is 36.8 Å². The Morgan fingerprint density at radius 3 is 2.85 bits per heavy atom. The highest BCUT2D eigenvalue weighted by Gasteiger charge is 2.12. The maximum absolute atomic E-state index is 13.0. The van der Waals surface area contributed by atoms with Gasteiger partial charge in [-0.2, -0.15) is 0 Å². The van der Waals surface area contributed by atoms with E-state index in [1.54, 1.807) is 6.07 Å². The van der Waals surface area contributed by atoms with Crippen LogP contribution in [-0.4, -0.2) is 5.91 Å². The number of aryl methyl sites for hydroxylation is 1. The van der Waals surface area contributed by atoms with Crippen LogP contribution in [0, 0.1) is 12.7 Å². The van der Waals surface area contributed by atoms with Crippen LogP contribution in [0.4, 0.5) is 10.1 Å². The van der Waals surface area contributed by atoms with Crippen molar-refractivity contribution in [2.75, 3.05) is 5.73 Å². The Morgan fingerprint density at radius 2 is 2.20 bits per heavy atom. The molecular formula is C13H14FN3OS2. The minimum Gasteiger partial charge on any atom is -0.398 e. The van der Waals surface area contributed by atoms with Gasteiger partial charge in [0.15, 0.2) is 0 Å². The van der Waals surface area contributed by atoms with Gasteiger partial charge in [0.05, 0.1) is 4.88 Å². The number of nitrogens with two attached hydrogens (primary N) is 2. The summed E-state index contributed by atoms with van der Waals surface area (Å²) in [5.74, 6) is 5.13. The summed E-state index contributed by atoms with van der Waals surface area (Å²) in [6, 6.07) is 6.15. The van der Waals surface area contributed by atoms with Gasteiger partial charge in [-0.3, -0.25) is 10.2 Å². The van der Waals surface area contributed by atoms with Crippen LogP contribution in [-0.2, 0) is 5.75 Å². The van der Waals surface area contributed by atoms with Crippen molar-refractivity contribution in [1.29, 1.82) is 0 Å². The number of hydrogen-bond acceptors (Lipinski definition) is 5. The first-order valence-electron chi connectivity index (χ1n) is 5.79. The molecule has 1 aromatic carbocycles. The van der Waals surface area contributed by atoms with Crippen LogP contribution in [0.25, 0.3) is 0 Å². The molecule has 1 aromatic heterocycles. The Bertz CT molecular complexity index is 643. The molecule has 0 bridgehead atoms. The molecule has 1 heterocycles. The maximum Gasteiger partial charge on any atom is 0.275 e. The zero-order chi connectivity index (χ0) is 14.7. The van der Waals surface area contributed by atoms with Crippen LogP contribution >= 0.6 is 23.1 Å². The molecule has 0 saturated carbocycles. The molecule has 0 aliphatic rings. The molecule has 0 saturated heterocycles. The van der Waals surface area contributed by atoms with Gasteiger partial charge in [-0.25, -0.2) is 10.2 Å². The average Bonchev–Trinajstić information content (AvgIpc) is 2.78. The Morgan fingerprint density at radius 1 is 1.45 bits per heavy atom. The summed E-state index contributed by atoms with van der Waals surface area (Å²) in [4.78, 5) is 13.9. The molecule has 0 aliphatic heterocycles. The molecule has 4 nitrogen and oxygen atoms in total. The van der Waals surface area contributed by atoms with E-state index in [0.717, 1.165) is 15.3 Å². The zero-order valence-corrected chi connectivity index (χ0v) is 12.4. The largest absolute Gasteiger partial charge is 0.398 e. The Labute approximate surface area is 124 Å². The van der Waals surface area contributed by atoms with Crippen molar-refractivity contribution in [1.82, 2.24) is 5.43 Å². The lowest BCUT2D eigenvalue weighted by Gasteiger charge is -2.05. The Hall–Kier alpha value is -1.57. The van der Waals surface area contributed by atoms with E-state index in [0.29, 0.717) is 16.3 Å². The lowest BCUT2D eigenvalue weighted by molar-refractivity contribution is 0.0957. The third-order valence-corrected chi connectivity index (χ3v) is 4.96. The van der Waals surface area contributed by atoms with Gasteiger partial charge in [0.1, 0.15) is 5.82 Å². The number of thiophene rings is 1. The third-order valence-electron chi connectivity index (χ3n) is 2.73. The number of hydrazine groups is 1. The first-order valence-corrected chi connectivity index (χ1v) is 7.59. The van der Waals surface area contributed by atoms with Crippen molar-refractivity contribution in [3.05, 3.63) is 45.4 Å². The summed E-state index contributed by atoms with van der Waals surface area (Å²) in [5.41, 5.74) is 9.34. The second-order valence-corrected chi connectivity index (χ2v) is 6.41. The van der Waals surface area contributed by atoms with Gasteiger partial charge in [0.2, 0.25) is 0 Å². The van der Waals surface area contributed by atoms with Gasteiger partial charge >= 0.3 is 0 Å². The van der Waals surface area contributed by atoms with Crippen LogP contribution in [0.2, 0.25) is 0 Å². The zero-order valence-electron chi connectivity index (χ0n) is 10.8. The molecule has 106 valence electrons. The summed E-state index contributed by atoms with van der Waals surface area (Å²) in [6.07, 6.45) is 0. The van der Waals surface area contributed by atoms with E-state index in [4.69, 9.17) is 11.6 Å². The number of benzene rings is 1. The second kappa shape index (κ2) is 6.25. The van der Waals surface area contributed by atoms with Gasteiger partial charge in [0, 0.05) is 21.2 Å². The van der Waals surface area contributed by atoms with Crippen molar-refractivity contribution >= 4 is 34.7 Å². The summed E-state index contributed by atoms with van der Waals surface area (Å²) >= 11 is 2.90. The van der Waals surface area contributed by atoms with E-state index < -0.39 is 0 Å². The van der Waals surface area contributed by atoms with Crippen LogP contribution in [0.1, 0.15) is 20.1 Å². The molecule has 0 fully saturated rings. The molecular weight excluding hydrogens is 297 g/mol. The van der Waals surface area contributed by atoms with Gasteiger partial charge in [0.25, 0.3) is 5.91 Å². The number of anilines is 1. The van der Waals surface area contributed by atoms with E-state index in [1.165, 1.54) is 35.2 Å². The van der Waals surface area contributed by atoms with E-state index in [1.807, 2.05) is 13.0 Å². The van der Waals surface area contributed by atoms with Crippen molar-refractivity contribution < 1.29 is 9.18 Å². The quantitative estimate of drug-likeness (QED) is 0.267. The van der Waals surface area contributed by atoms with Crippen LogP contribution < -0.4 is 17.0 Å². The van der Waals surface area contributed by atoms with Crippen molar-refractivity contribution in [3.63, 3.8) is 0 Å². The SMILES string of the molecule is Cc1sc(C(=O)NN)cc1CSc1ccc(F)cc1N. The maximum atomic E-state index is 13.0. The minimum atomic E-state index is -0.347. The molecule has 0 spiro atoms. The predicted octanol–water partition coefficient (Wildman–Crippen LogP) is 2.67. The Kier molecular flexibility index (Phi) is 4.64. The molecule has 2 aromatic rings. The highest BCUT2D eigenvalue weighted by molar-refractivity contribution is 7.98. The highest BCUT2D eigenvalue weighted by Crippen LogP contribution is 2.32. The summed E-state index contributed by atoms with van der Waals surface area (Å²) < 4.78 is 13.0. The van der Waals surface area contributed by atoms with Crippen LogP contribution in [0.3, 0.4) is 0 Å². The first kappa shape index (κ1) is 14.8. The molecule has 0 unspecified atom stereocenters. The van der Waals surface area contributed by atoms with Crippen LogP contribution in [0.15, 0.2) is 29.2 Å². The summed E-state index contributed by atoms with van der Waals surface area (Å²) in [7, 11) is 0. The standard InChI is InChI=1S/C13H14FN3OS2/c1-7-8(4-12(20-7)13(18)17-16)6-19-11-3-2-9(14)5-10(11)15/h2-5H,6,15-16H2,1H3,(H,17,18). The fourth-order valence-corrected chi connectivity index (χ4v) is 3.69. The van der Waals surface area contributed by atoms with E-state index in [9.17, 15) is 9.18 Å². The number of carbonyl (C=O) groups excluding carboxylic acids is 1. The van der Waals surface area contributed by atoms with Crippen molar-refractivity contribution in [2.24, 2.45) is 5.84 Å². The number of nitrogen functional groups attached to an aromatic ring is 2. The number of halogens is 1. The summed E-state index contributed by atoms with van der Waals surface area (Å²) in [6.45, 7) is 1.95. The van der Waals surface area contributed by atoms with Crippen molar-refractivity contribution in [2.45, 2.75) is 17.6 Å². The number of carbonyl (C=O) groups is 1. The third kappa shape index (κ3) is 3.30. The summed E-state index contributed by atoms with van der Waals surface area (Å²) in [5, 5.41) is 0. The lowest BCUT2D eigenvalue weighted by atomic mass is 10.3. The fourth-order valence-electron chi connectivity index (χ4n) is 1.65. The first-order chi connectivity index (χ1) is 9.51. The number of hydrogen-bond donors (Lipinski definition) is 3. The lowest BCUT2D eigenvalue weighted by Crippen LogP contribution is -2.29. The van der Waals surface area contributed by atoms with Gasteiger partial charge in [-0.15, -0.1) is 23.1 Å². The topological polar surface area (TPSA) is 81.1 Å². The van der Waals surface area contributed by atoms with Gasteiger partial charge in [-0.1, -0.05) is 0 Å². The van der Waals surface area contributed by atoms with E-state index >= 15 is 0 Å². The van der Waals surface area contributed by atoms with Crippen LogP contribution in [0.5, 0.6) is 0 Å².